The number of rotatable bonds is 5. The van der Waals surface area contributed by atoms with Crippen LogP contribution in [0.3, 0.4) is 0 Å². The van der Waals surface area contributed by atoms with Gasteiger partial charge in [0.15, 0.2) is 0 Å². The minimum absolute atomic E-state index is 0.0857. The van der Waals surface area contributed by atoms with E-state index in [0.29, 0.717) is 0 Å². The number of nitrogens with one attached hydrogen (secondary N) is 1. The summed E-state index contributed by atoms with van der Waals surface area (Å²) in [6.07, 6.45) is 0.915. The number of aryl methyl sites for hydroxylation is 2. The monoisotopic (exact) mass is 277 g/mol. The first kappa shape index (κ1) is 14.2. The summed E-state index contributed by atoms with van der Waals surface area (Å²) >= 11 is 6.03. The number of benzene rings is 1. The predicted molar refractivity (Wildman–Crippen MR) is 79.8 cm³/mol. The lowest BCUT2D eigenvalue weighted by atomic mass is 9.99. The summed E-state index contributed by atoms with van der Waals surface area (Å²) in [4.78, 5) is 0. The smallest absolute Gasteiger partial charge is 0.125 e. The Balaban J connectivity index is 2.38. The third-order valence-electron chi connectivity index (χ3n) is 3.27. The van der Waals surface area contributed by atoms with Crippen LogP contribution in [0.25, 0.3) is 0 Å². The highest BCUT2D eigenvalue weighted by atomic mass is 35.5. The van der Waals surface area contributed by atoms with E-state index in [-0.39, 0.29) is 6.04 Å². The topological polar surface area (TPSA) is 25.2 Å². The van der Waals surface area contributed by atoms with E-state index in [1.165, 1.54) is 11.1 Å². The molecule has 1 unspecified atom stereocenters. The molecule has 0 amide bonds. The van der Waals surface area contributed by atoms with Crippen LogP contribution < -0.4 is 5.32 Å². The second kappa shape index (κ2) is 6.27. The molecule has 1 N–H and O–H groups in total. The van der Waals surface area contributed by atoms with Crippen LogP contribution in [-0.4, -0.2) is 6.54 Å². The van der Waals surface area contributed by atoms with Gasteiger partial charge < -0.3 is 9.73 Å². The van der Waals surface area contributed by atoms with Gasteiger partial charge >= 0.3 is 0 Å². The summed E-state index contributed by atoms with van der Waals surface area (Å²) in [5, 5.41) is 4.24. The standard InChI is InChI=1S/C16H20ClNO/c1-4-13-7-9-15(19-13)16(18-5-2)14-8-6-12(17)10-11(14)3/h6-10,16,18H,4-5H2,1-3H3. The van der Waals surface area contributed by atoms with Gasteiger partial charge in [-0.15, -0.1) is 0 Å². The van der Waals surface area contributed by atoms with Gasteiger partial charge in [-0.2, -0.15) is 0 Å². The SMILES string of the molecule is CCNC(c1ccc(CC)o1)c1ccc(Cl)cc1C. The summed E-state index contributed by atoms with van der Waals surface area (Å²) in [6.45, 7) is 7.16. The Kier molecular flexibility index (Phi) is 4.67. The Labute approximate surface area is 119 Å². The van der Waals surface area contributed by atoms with Crippen LogP contribution in [-0.2, 0) is 6.42 Å². The zero-order valence-corrected chi connectivity index (χ0v) is 12.4. The molecule has 2 rings (SSSR count). The Hall–Kier alpha value is -1.25. The third-order valence-corrected chi connectivity index (χ3v) is 3.50. The van der Waals surface area contributed by atoms with Crippen molar-refractivity contribution in [1.82, 2.24) is 5.32 Å². The fourth-order valence-electron chi connectivity index (χ4n) is 2.27. The Morgan fingerprint density at radius 2 is 2.00 bits per heavy atom. The van der Waals surface area contributed by atoms with Crippen molar-refractivity contribution in [2.24, 2.45) is 0 Å². The zero-order valence-electron chi connectivity index (χ0n) is 11.7. The highest BCUT2D eigenvalue weighted by Crippen LogP contribution is 2.28. The molecule has 1 heterocycles. The molecule has 0 saturated heterocycles. The van der Waals surface area contributed by atoms with Crippen LogP contribution in [0, 0.1) is 6.92 Å². The predicted octanol–water partition coefficient (Wildman–Crippen LogP) is 4.50. The van der Waals surface area contributed by atoms with Crippen LogP contribution in [0.4, 0.5) is 0 Å². The maximum Gasteiger partial charge on any atom is 0.125 e. The van der Waals surface area contributed by atoms with E-state index in [1.807, 2.05) is 18.2 Å². The summed E-state index contributed by atoms with van der Waals surface area (Å²) in [6, 6.07) is 10.2. The first-order valence-corrected chi connectivity index (χ1v) is 7.11. The Bertz CT molecular complexity index is 547. The van der Waals surface area contributed by atoms with Gasteiger partial charge in [-0.25, -0.2) is 0 Å². The van der Waals surface area contributed by atoms with E-state index in [4.69, 9.17) is 16.0 Å². The van der Waals surface area contributed by atoms with Crippen molar-refractivity contribution in [3.05, 3.63) is 58.0 Å². The van der Waals surface area contributed by atoms with Crippen LogP contribution >= 0.6 is 11.6 Å². The van der Waals surface area contributed by atoms with Gasteiger partial charge in [-0.1, -0.05) is 31.5 Å². The lowest BCUT2D eigenvalue weighted by molar-refractivity contribution is 0.425. The maximum atomic E-state index is 6.03. The molecule has 0 saturated carbocycles. The minimum atomic E-state index is 0.0857. The molecule has 0 radical (unpaired) electrons. The fraction of sp³-hybridized carbons (Fsp3) is 0.375. The molecule has 102 valence electrons. The Morgan fingerprint density at radius 3 is 2.58 bits per heavy atom. The molecular weight excluding hydrogens is 258 g/mol. The zero-order chi connectivity index (χ0) is 13.8. The van der Waals surface area contributed by atoms with Crippen LogP contribution in [0.1, 0.15) is 42.5 Å². The Morgan fingerprint density at radius 1 is 1.21 bits per heavy atom. The summed E-state index contributed by atoms with van der Waals surface area (Å²) in [7, 11) is 0. The minimum Gasteiger partial charge on any atom is -0.464 e. The van der Waals surface area contributed by atoms with E-state index < -0.39 is 0 Å². The van der Waals surface area contributed by atoms with Gasteiger partial charge in [0.2, 0.25) is 0 Å². The van der Waals surface area contributed by atoms with Gasteiger partial charge in [0.25, 0.3) is 0 Å². The fourth-order valence-corrected chi connectivity index (χ4v) is 2.50. The largest absolute Gasteiger partial charge is 0.464 e. The number of furan rings is 1. The van der Waals surface area contributed by atoms with Crippen molar-refractivity contribution in [1.29, 1.82) is 0 Å². The molecule has 1 atom stereocenters. The molecule has 0 bridgehead atoms. The number of hydrogen-bond donors (Lipinski definition) is 1. The summed E-state index contributed by atoms with van der Waals surface area (Å²) < 4.78 is 5.89. The molecule has 0 aliphatic heterocycles. The maximum absolute atomic E-state index is 6.03. The van der Waals surface area contributed by atoms with E-state index in [1.54, 1.807) is 0 Å². The van der Waals surface area contributed by atoms with Crippen molar-refractivity contribution >= 4 is 11.6 Å². The highest BCUT2D eigenvalue weighted by Gasteiger charge is 2.18. The van der Waals surface area contributed by atoms with Crippen molar-refractivity contribution in [2.75, 3.05) is 6.54 Å². The molecule has 19 heavy (non-hydrogen) atoms. The third kappa shape index (κ3) is 3.20. The molecule has 1 aromatic carbocycles. The van der Waals surface area contributed by atoms with Gasteiger partial charge in [0.05, 0.1) is 6.04 Å². The first-order chi connectivity index (χ1) is 9.15. The summed E-state index contributed by atoms with van der Waals surface area (Å²) in [5.74, 6) is 1.98. The van der Waals surface area contributed by atoms with Crippen molar-refractivity contribution in [3.8, 4) is 0 Å². The van der Waals surface area contributed by atoms with E-state index in [0.717, 1.165) is 29.5 Å². The molecule has 3 heteroatoms. The van der Waals surface area contributed by atoms with Gasteiger partial charge in [-0.05, 0) is 48.9 Å². The van der Waals surface area contributed by atoms with E-state index >= 15 is 0 Å². The molecule has 1 aromatic heterocycles. The molecule has 0 aliphatic carbocycles. The second-order valence-electron chi connectivity index (χ2n) is 4.65. The van der Waals surface area contributed by atoms with E-state index in [2.05, 4.69) is 38.2 Å². The first-order valence-electron chi connectivity index (χ1n) is 6.73. The number of hydrogen-bond acceptors (Lipinski definition) is 2. The normalized spacial score (nSPS) is 12.6. The molecule has 0 spiro atoms. The van der Waals surface area contributed by atoms with Crippen LogP contribution in [0.5, 0.6) is 0 Å². The lowest BCUT2D eigenvalue weighted by Gasteiger charge is -2.18. The van der Waals surface area contributed by atoms with Crippen LogP contribution in [0.15, 0.2) is 34.7 Å². The van der Waals surface area contributed by atoms with Crippen molar-refractivity contribution in [2.45, 2.75) is 33.2 Å². The summed E-state index contributed by atoms with van der Waals surface area (Å²) in [5.41, 5.74) is 2.39. The average molecular weight is 278 g/mol. The lowest BCUT2D eigenvalue weighted by Crippen LogP contribution is -2.22. The van der Waals surface area contributed by atoms with Gasteiger partial charge in [0.1, 0.15) is 11.5 Å². The van der Waals surface area contributed by atoms with Crippen molar-refractivity contribution in [3.63, 3.8) is 0 Å². The average Bonchev–Trinajstić information content (AvgIpc) is 2.85. The number of halogens is 1. The molecule has 0 fully saturated rings. The molecular formula is C16H20ClNO. The van der Waals surface area contributed by atoms with E-state index in [9.17, 15) is 0 Å². The molecule has 2 aromatic rings. The van der Waals surface area contributed by atoms with Gasteiger partial charge in [-0.3, -0.25) is 0 Å². The molecule has 2 nitrogen and oxygen atoms in total. The van der Waals surface area contributed by atoms with Gasteiger partial charge in [0, 0.05) is 11.4 Å². The highest BCUT2D eigenvalue weighted by molar-refractivity contribution is 6.30. The van der Waals surface area contributed by atoms with Crippen molar-refractivity contribution < 1.29 is 4.42 Å². The van der Waals surface area contributed by atoms with Crippen LogP contribution in [0.2, 0.25) is 5.02 Å². The molecule has 0 aliphatic rings. The second-order valence-corrected chi connectivity index (χ2v) is 5.09. The quantitative estimate of drug-likeness (QED) is 0.870.